The Morgan fingerprint density at radius 2 is 2.11 bits per heavy atom. The monoisotopic (exact) mass is 255 g/mol. The van der Waals surface area contributed by atoms with Gasteiger partial charge < -0.3 is 14.7 Å². The van der Waals surface area contributed by atoms with Gasteiger partial charge in [0.05, 0.1) is 17.9 Å². The minimum absolute atomic E-state index is 0.00181. The van der Waals surface area contributed by atoms with Gasteiger partial charge in [0, 0.05) is 19.7 Å². The fraction of sp³-hybridized carbons (Fsp3) is 0.846. The molecule has 102 valence electrons. The predicted molar refractivity (Wildman–Crippen MR) is 65.0 cm³/mol. The average molecular weight is 255 g/mol. The number of carboxylic acid groups (broad SMARTS) is 1. The van der Waals surface area contributed by atoms with Gasteiger partial charge in [0.1, 0.15) is 0 Å². The largest absolute Gasteiger partial charge is 0.481 e. The molecule has 2 fully saturated rings. The van der Waals surface area contributed by atoms with Crippen LogP contribution in [0, 0.1) is 17.8 Å². The van der Waals surface area contributed by atoms with Crippen LogP contribution in [-0.4, -0.2) is 47.7 Å². The van der Waals surface area contributed by atoms with E-state index in [4.69, 9.17) is 9.84 Å². The molecule has 0 spiro atoms. The first-order chi connectivity index (χ1) is 8.49. The lowest BCUT2D eigenvalue weighted by molar-refractivity contribution is -0.141. The van der Waals surface area contributed by atoms with Crippen molar-refractivity contribution in [1.82, 2.24) is 4.90 Å². The lowest BCUT2D eigenvalue weighted by Crippen LogP contribution is -2.32. The molecule has 1 aliphatic carbocycles. The van der Waals surface area contributed by atoms with Crippen molar-refractivity contribution in [2.24, 2.45) is 17.8 Å². The molecule has 1 heterocycles. The molecule has 0 aromatic rings. The van der Waals surface area contributed by atoms with Crippen LogP contribution in [-0.2, 0) is 14.3 Å². The van der Waals surface area contributed by atoms with E-state index in [1.165, 1.54) is 0 Å². The molecule has 5 nitrogen and oxygen atoms in total. The molecule has 5 heteroatoms. The minimum Gasteiger partial charge on any atom is -0.481 e. The Kier molecular flexibility index (Phi) is 3.90. The zero-order valence-corrected chi connectivity index (χ0v) is 11.0. The Balaban J connectivity index is 1.75. The first-order valence-corrected chi connectivity index (χ1v) is 6.62. The van der Waals surface area contributed by atoms with Crippen molar-refractivity contribution in [3.63, 3.8) is 0 Å². The normalized spacial score (nSPS) is 30.8. The lowest BCUT2D eigenvalue weighted by atomic mass is 10.2. The second-order valence-corrected chi connectivity index (χ2v) is 5.71. The number of amides is 1. The summed E-state index contributed by atoms with van der Waals surface area (Å²) in [6.45, 7) is 6.23. The van der Waals surface area contributed by atoms with Gasteiger partial charge in [-0.15, -0.1) is 0 Å². The summed E-state index contributed by atoms with van der Waals surface area (Å²) in [7, 11) is 0. The van der Waals surface area contributed by atoms with Crippen molar-refractivity contribution >= 4 is 11.9 Å². The third-order valence-electron chi connectivity index (χ3n) is 3.55. The Bertz CT molecular complexity index is 342. The van der Waals surface area contributed by atoms with Crippen molar-refractivity contribution in [3.8, 4) is 0 Å². The Hall–Kier alpha value is -1.10. The molecule has 0 aromatic carbocycles. The van der Waals surface area contributed by atoms with Crippen molar-refractivity contribution in [3.05, 3.63) is 0 Å². The van der Waals surface area contributed by atoms with Gasteiger partial charge in [-0.05, 0) is 18.8 Å². The molecule has 18 heavy (non-hydrogen) atoms. The van der Waals surface area contributed by atoms with E-state index in [2.05, 4.69) is 13.8 Å². The maximum absolute atomic E-state index is 12.0. The third-order valence-corrected chi connectivity index (χ3v) is 3.55. The molecule has 0 radical (unpaired) electrons. The number of carbonyl (C=O) groups is 2. The SMILES string of the molecule is CC(C)COC1CCN(C(=O)C2CC2C(=O)O)C1. The molecule has 1 saturated carbocycles. The maximum Gasteiger partial charge on any atom is 0.307 e. The van der Waals surface area contributed by atoms with E-state index in [-0.39, 0.29) is 17.9 Å². The first-order valence-electron chi connectivity index (χ1n) is 6.62. The summed E-state index contributed by atoms with van der Waals surface area (Å²) in [5, 5.41) is 8.82. The van der Waals surface area contributed by atoms with Gasteiger partial charge in [-0.1, -0.05) is 13.8 Å². The molecular weight excluding hydrogens is 234 g/mol. The van der Waals surface area contributed by atoms with Gasteiger partial charge in [0.15, 0.2) is 0 Å². The molecule has 1 aliphatic heterocycles. The fourth-order valence-electron chi connectivity index (χ4n) is 2.37. The van der Waals surface area contributed by atoms with E-state index >= 15 is 0 Å². The second kappa shape index (κ2) is 5.26. The second-order valence-electron chi connectivity index (χ2n) is 5.71. The summed E-state index contributed by atoms with van der Waals surface area (Å²) < 4.78 is 5.71. The van der Waals surface area contributed by atoms with Gasteiger partial charge in [-0.3, -0.25) is 9.59 Å². The van der Waals surface area contributed by atoms with Gasteiger partial charge >= 0.3 is 5.97 Å². The standard InChI is InChI=1S/C13H21NO4/c1-8(2)7-18-9-3-4-14(6-9)12(15)10-5-11(10)13(16)17/h8-11H,3-7H2,1-2H3,(H,16,17). The van der Waals surface area contributed by atoms with Crippen molar-refractivity contribution < 1.29 is 19.4 Å². The van der Waals surface area contributed by atoms with Crippen LogP contribution in [0.3, 0.4) is 0 Å². The van der Waals surface area contributed by atoms with E-state index in [0.717, 1.165) is 6.42 Å². The maximum atomic E-state index is 12.0. The first kappa shape index (κ1) is 13.3. The van der Waals surface area contributed by atoms with Crippen molar-refractivity contribution in [2.45, 2.75) is 32.8 Å². The minimum atomic E-state index is -0.847. The number of carbonyl (C=O) groups excluding carboxylic acids is 1. The molecule has 0 aromatic heterocycles. The number of carboxylic acids is 1. The molecule has 1 N–H and O–H groups in total. The zero-order valence-electron chi connectivity index (χ0n) is 11.0. The van der Waals surface area contributed by atoms with Crippen LogP contribution in [0.15, 0.2) is 0 Å². The van der Waals surface area contributed by atoms with Crippen molar-refractivity contribution in [1.29, 1.82) is 0 Å². The number of likely N-dealkylation sites (tertiary alicyclic amines) is 1. The van der Waals surface area contributed by atoms with E-state index in [1.807, 2.05) is 0 Å². The number of nitrogens with zero attached hydrogens (tertiary/aromatic N) is 1. The summed E-state index contributed by atoms with van der Waals surface area (Å²) in [5.41, 5.74) is 0. The highest BCUT2D eigenvalue weighted by Crippen LogP contribution is 2.40. The number of hydrogen-bond donors (Lipinski definition) is 1. The van der Waals surface area contributed by atoms with E-state index < -0.39 is 11.9 Å². The summed E-state index contributed by atoms with van der Waals surface area (Å²) in [6, 6.07) is 0. The smallest absolute Gasteiger partial charge is 0.307 e. The van der Waals surface area contributed by atoms with E-state index in [1.54, 1.807) is 4.90 Å². The highest BCUT2D eigenvalue weighted by atomic mass is 16.5. The molecule has 3 unspecified atom stereocenters. The molecule has 2 rings (SSSR count). The molecule has 3 atom stereocenters. The van der Waals surface area contributed by atoms with Crippen LogP contribution in [0.1, 0.15) is 26.7 Å². The zero-order chi connectivity index (χ0) is 13.3. The van der Waals surface area contributed by atoms with Crippen LogP contribution >= 0.6 is 0 Å². The Labute approximate surface area is 107 Å². The molecular formula is C13H21NO4. The number of rotatable bonds is 5. The highest BCUT2D eigenvalue weighted by Gasteiger charge is 2.50. The van der Waals surface area contributed by atoms with Crippen LogP contribution in [0.2, 0.25) is 0 Å². The Morgan fingerprint density at radius 1 is 1.39 bits per heavy atom. The van der Waals surface area contributed by atoms with Crippen LogP contribution < -0.4 is 0 Å². The van der Waals surface area contributed by atoms with Crippen molar-refractivity contribution in [2.75, 3.05) is 19.7 Å². The van der Waals surface area contributed by atoms with Gasteiger partial charge in [-0.2, -0.15) is 0 Å². The lowest BCUT2D eigenvalue weighted by Gasteiger charge is -2.17. The molecule has 1 amide bonds. The number of ether oxygens (including phenoxy) is 1. The van der Waals surface area contributed by atoms with Gasteiger partial charge in [0.25, 0.3) is 0 Å². The molecule has 1 saturated heterocycles. The molecule has 0 bridgehead atoms. The summed E-state index contributed by atoms with van der Waals surface area (Å²) in [5.74, 6) is -1.09. The number of hydrogen-bond acceptors (Lipinski definition) is 3. The highest BCUT2D eigenvalue weighted by molar-refractivity contribution is 5.89. The van der Waals surface area contributed by atoms with E-state index in [0.29, 0.717) is 32.0 Å². The number of aliphatic carboxylic acids is 1. The van der Waals surface area contributed by atoms with Crippen LogP contribution in [0.4, 0.5) is 0 Å². The van der Waals surface area contributed by atoms with Crippen LogP contribution in [0.25, 0.3) is 0 Å². The van der Waals surface area contributed by atoms with Gasteiger partial charge in [-0.25, -0.2) is 0 Å². The quantitative estimate of drug-likeness (QED) is 0.795. The summed E-state index contributed by atoms with van der Waals surface area (Å²) >= 11 is 0. The van der Waals surface area contributed by atoms with E-state index in [9.17, 15) is 9.59 Å². The average Bonchev–Trinajstić information content (AvgIpc) is 2.97. The summed E-state index contributed by atoms with van der Waals surface area (Å²) in [6.07, 6.45) is 1.49. The summed E-state index contributed by atoms with van der Waals surface area (Å²) in [4.78, 5) is 24.5. The third kappa shape index (κ3) is 3.02. The topological polar surface area (TPSA) is 66.8 Å². The fourth-order valence-corrected chi connectivity index (χ4v) is 2.37. The predicted octanol–water partition coefficient (Wildman–Crippen LogP) is 0.981. The van der Waals surface area contributed by atoms with Gasteiger partial charge in [0.2, 0.25) is 5.91 Å². The van der Waals surface area contributed by atoms with Crippen LogP contribution in [0.5, 0.6) is 0 Å². The Morgan fingerprint density at radius 3 is 2.67 bits per heavy atom. The molecule has 2 aliphatic rings.